The summed E-state index contributed by atoms with van der Waals surface area (Å²) < 4.78 is 26.4. The van der Waals surface area contributed by atoms with Crippen LogP contribution in [0.5, 0.6) is 0 Å². The zero-order valence-corrected chi connectivity index (χ0v) is 16.3. The van der Waals surface area contributed by atoms with Crippen LogP contribution in [0.3, 0.4) is 0 Å². The highest BCUT2D eigenvalue weighted by Crippen LogP contribution is 2.23. The van der Waals surface area contributed by atoms with E-state index in [9.17, 15) is 13.2 Å². The van der Waals surface area contributed by atoms with E-state index in [4.69, 9.17) is 11.6 Å². The first kappa shape index (κ1) is 19.6. The lowest BCUT2D eigenvalue weighted by molar-refractivity contribution is -0.120. The Morgan fingerprint density at radius 3 is 2.30 bits per heavy atom. The van der Waals surface area contributed by atoms with E-state index in [0.717, 1.165) is 5.56 Å². The number of rotatable bonds is 5. The van der Waals surface area contributed by atoms with E-state index in [2.05, 4.69) is 5.32 Å². The van der Waals surface area contributed by atoms with Crippen molar-refractivity contribution < 1.29 is 13.2 Å². The molecule has 0 saturated carbocycles. The number of hydrogen-bond donors (Lipinski definition) is 1. The van der Waals surface area contributed by atoms with Gasteiger partial charge >= 0.3 is 0 Å². The molecule has 0 radical (unpaired) electrons. The first-order valence-corrected chi connectivity index (χ1v) is 10.6. The third-order valence-corrected chi connectivity index (χ3v) is 6.35. The molecule has 1 heterocycles. The lowest BCUT2D eigenvalue weighted by Crippen LogP contribution is -2.40. The minimum atomic E-state index is -3.49. The van der Waals surface area contributed by atoms with Crippen molar-refractivity contribution >= 4 is 39.3 Å². The zero-order chi connectivity index (χ0) is 19.3. The van der Waals surface area contributed by atoms with Crippen LogP contribution in [0.1, 0.15) is 18.4 Å². The molecular weight excluding hydrogens is 384 g/mol. The maximum atomic E-state index is 12.5. The summed E-state index contributed by atoms with van der Waals surface area (Å²) in [6.45, 7) is 0.667. The Balaban J connectivity index is 1.55. The number of hydrogen-bond acceptors (Lipinski definition) is 3. The molecule has 1 saturated heterocycles. The molecule has 0 spiro atoms. The number of piperidine rings is 1. The van der Waals surface area contributed by atoms with Gasteiger partial charge < -0.3 is 5.32 Å². The standard InChI is InChI=1S/C20H21ClN2O3S/c21-18-6-8-19(9-7-18)22-20(24)17-10-13-23(14-11-17)27(25,26)15-12-16-4-2-1-3-5-16/h1-9,12,15,17H,10-11,13-14H2,(H,22,24)/b15-12+. The third-order valence-electron chi connectivity index (χ3n) is 4.53. The van der Waals surface area contributed by atoms with Crippen LogP contribution >= 0.6 is 11.6 Å². The summed E-state index contributed by atoms with van der Waals surface area (Å²) in [7, 11) is -3.49. The second-order valence-electron chi connectivity index (χ2n) is 6.43. The van der Waals surface area contributed by atoms with Gasteiger partial charge in [-0.1, -0.05) is 41.9 Å². The Kier molecular flexibility index (Phi) is 6.31. The molecule has 1 aliphatic rings. The highest BCUT2D eigenvalue weighted by atomic mass is 35.5. The molecule has 142 valence electrons. The Hall–Kier alpha value is -2.15. The lowest BCUT2D eigenvalue weighted by atomic mass is 9.97. The molecule has 0 bridgehead atoms. The van der Waals surface area contributed by atoms with E-state index in [0.29, 0.717) is 36.6 Å². The highest BCUT2D eigenvalue weighted by molar-refractivity contribution is 7.92. The largest absolute Gasteiger partial charge is 0.326 e. The Labute approximate surface area is 164 Å². The van der Waals surface area contributed by atoms with Gasteiger partial charge in [-0.05, 0) is 48.7 Å². The summed E-state index contributed by atoms with van der Waals surface area (Å²) in [6.07, 6.45) is 2.59. The molecule has 7 heteroatoms. The molecule has 3 rings (SSSR count). The molecule has 1 amide bonds. The molecule has 27 heavy (non-hydrogen) atoms. The maximum Gasteiger partial charge on any atom is 0.236 e. The van der Waals surface area contributed by atoms with E-state index in [1.807, 2.05) is 30.3 Å². The lowest BCUT2D eigenvalue weighted by Gasteiger charge is -2.29. The van der Waals surface area contributed by atoms with Gasteiger partial charge in [0.2, 0.25) is 15.9 Å². The second-order valence-corrected chi connectivity index (χ2v) is 8.68. The van der Waals surface area contributed by atoms with Crippen LogP contribution < -0.4 is 5.32 Å². The van der Waals surface area contributed by atoms with E-state index in [1.54, 1.807) is 30.3 Å². The van der Waals surface area contributed by atoms with Crippen LogP contribution in [0, 0.1) is 5.92 Å². The molecule has 5 nitrogen and oxygen atoms in total. The molecule has 0 unspecified atom stereocenters. The fraction of sp³-hybridized carbons (Fsp3) is 0.250. The van der Waals surface area contributed by atoms with Crippen molar-refractivity contribution in [3.63, 3.8) is 0 Å². The summed E-state index contributed by atoms with van der Waals surface area (Å²) in [4.78, 5) is 12.4. The Morgan fingerprint density at radius 1 is 1.04 bits per heavy atom. The van der Waals surface area contributed by atoms with Gasteiger partial charge in [0.05, 0.1) is 0 Å². The molecule has 0 atom stereocenters. The average molecular weight is 405 g/mol. The van der Waals surface area contributed by atoms with Crippen LogP contribution in [0.4, 0.5) is 5.69 Å². The summed E-state index contributed by atoms with van der Waals surface area (Å²) >= 11 is 5.84. The van der Waals surface area contributed by atoms with Crippen LogP contribution in [-0.2, 0) is 14.8 Å². The van der Waals surface area contributed by atoms with Crippen LogP contribution in [0.15, 0.2) is 60.0 Å². The van der Waals surface area contributed by atoms with Gasteiger partial charge in [-0.15, -0.1) is 0 Å². The minimum absolute atomic E-state index is 0.0887. The van der Waals surface area contributed by atoms with Gasteiger partial charge in [-0.25, -0.2) is 8.42 Å². The van der Waals surface area contributed by atoms with E-state index in [-0.39, 0.29) is 11.8 Å². The van der Waals surface area contributed by atoms with Crippen molar-refractivity contribution in [1.29, 1.82) is 0 Å². The quantitative estimate of drug-likeness (QED) is 0.819. The summed E-state index contributed by atoms with van der Waals surface area (Å²) in [5.41, 5.74) is 1.52. The van der Waals surface area contributed by atoms with Crippen molar-refractivity contribution in [1.82, 2.24) is 4.31 Å². The smallest absolute Gasteiger partial charge is 0.236 e. The summed E-state index contributed by atoms with van der Waals surface area (Å²) in [5, 5.41) is 4.70. The van der Waals surface area contributed by atoms with Gasteiger partial charge in [0.15, 0.2) is 0 Å². The molecule has 0 aromatic heterocycles. The van der Waals surface area contributed by atoms with Crippen molar-refractivity contribution in [3.8, 4) is 0 Å². The molecular formula is C20H21ClN2O3S. The highest BCUT2D eigenvalue weighted by Gasteiger charge is 2.29. The third kappa shape index (κ3) is 5.42. The normalized spacial score (nSPS) is 16.5. The zero-order valence-electron chi connectivity index (χ0n) is 14.7. The first-order valence-electron chi connectivity index (χ1n) is 8.74. The average Bonchev–Trinajstić information content (AvgIpc) is 2.69. The van der Waals surface area contributed by atoms with Gasteiger partial charge in [0.1, 0.15) is 0 Å². The van der Waals surface area contributed by atoms with Crippen molar-refractivity contribution in [3.05, 3.63) is 70.6 Å². The number of benzene rings is 2. The van der Waals surface area contributed by atoms with Gasteiger partial charge in [0, 0.05) is 35.1 Å². The maximum absolute atomic E-state index is 12.5. The number of anilines is 1. The van der Waals surface area contributed by atoms with Gasteiger partial charge in [-0.2, -0.15) is 4.31 Å². The van der Waals surface area contributed by atoms with Crippen molar-refractivity contribution in [2.75, 3.05) is 18.4 Å². The Bertz CT molecular complexity index is 904. The predicted octanol–water partition coefficient (Wildman–Crippen LogP) is 3.99. The minimum Gasteiger partial charge on any atom is -0.326 e. The molecule has 2 aromatic rings. The number of amides is 1. The van der Waals surface area contributed by atoms with Crippen molar-refractivity contribution in [2.45, 2.75) is 12.8 Å². The predicted molar refractivity (Wildman–Crippen MR) is 109 cm³/mol. The monoisotopic (exact) mass is 404 g/mol. The van der Waals surface area contributed by atoms with Gasteiger partial charge in [0.25, 0.3) is 0 Å². The number of nitrogens with zero attached hydrogens (tertiary/aromatic N) is 1. The number of sulfonamides is 1. The first-order chi connectivity index (χ1) is 12.9. The number of carbonyl (C=O) groups is 1. The van der Waals surface area contributed by atoms with Crippen LogP contribution in [0.25, 0.3) is 6.08 Å². The summed E-state index contributed by atoms with van der Waals surface area (Å²) in [5.74, 6) is -0.292. The SMILES string of the molecule is O=C(Nc1ccc(Cl)cc1)C1CCN(S(=O)(=O)/C=C/c2ccccc2)CC1. The number of nitrogens with one attached hydrogen (secondary N) is 1. The van der Waals surface area contributed by atoms with Crippen molar-refractivity contribution in [2.24, 2.45) is 5.92 Å². The Morgan fingerprint density at radius 2 is 1.67 bits per heavy atom. The molecule has 1 N–H and O–H groups in total. The molecule has 1 aliphatic heterocycles. The van der Waals surface area contributed by atoms with Crippen LogP contribution in [0.2, 0.25) is 5.02 Å². The fourth-order valence-electron chi connectivity index (χ4n) is 2.96. The van der Waals surface area contributed by atoms with E-state index in [1.165, 1.54) is 9.71 Å². The number of halogens is 1. The van der Waals surface area contributed by atoms with E-state index < -0.39 is 10.0 Å². The second kappa shape index (κ2) is 8.69. The topological polar surface area (TPSA) is 66.5 Å². The molecule has 2 aromatic carbocycles. The summed E-state index contributed by atoms with van der Waals surface area (Å²) in [6, 6.07) is 16.2. The fourth-order valence-corrected chi connectivity index (χ4v) is 4.31. The van der Waals surface area contributed by atoms with Gasteiger partial charge in [-0.3, -0.25) is 4.79 Å². The van der Waals surface area contributed by atoms with Crippen LogP contribution in [-0.4, -0.2) is 31.7 Å². The van der Waals surface area contributed by atoms with E-state index >= 15 is 0 Å². The molecule has 1 fully saturated rings. The molecule has 0 aliphatic carbocycles. The number of carbonyl (C=O) groups excluding carboxylic acids is 1.